The Bertz CT molecular complexity index is 282. The topological polar surface area (TPSA) is 74.6 Å². The summed E-state index contributed by atoms with van der Waals surface area (Å²) in [6, 6.07) is 0. The number of carboxylic acids is 1. The Kier molecular flexibility index (Phi) is 4.03. The second-order valence-corrected chi connectivity index (χ2v) is 3.96. The molecule has 1 fully saturated rings. The summed E-state index contributed by atoms with van der Waals surface area (Å²) in [7, 11) is 0. The first kappa shape index (κ1) is 11.9. The molecule has 84 valence electrons. The van der Waals surface area contributed by atoms with Crippen LogP contribution in [0.5, 0.6) is 0 Å². The maximum Gasteiger partial charge on any atom is 0.332 e. The quantitative estimate of drug-likeness (QED) is 0.681. The molecule has 0 aromatic heterocycles. The van der Waals surface area contributed by atoms with E-state index in [-0.39, 0.29) is 18.1 Å². The summed E-state index contributed by atoms with van der Waals surface area (Å²) in [5.41, 5.74) is 0. The fraction of sp³-hybridized carbons (Fsp3) is 0.636. The molecule has 0 amide bonds. The Hall–Kier alpha value is -1.16. The molecule has 1 aliphatic carbocycles. The summed E-state index contributed by atoms with van der Waals surface area (Å²) in [6.07, 6.45) is 3.61. The lowest BCUT2D eigenvalue weighted by Crippen LogP contribution is -2.31. The van der Waals surface area contributed by atoms with E-state index in [1.807, 2.05) is 19.1 Å². The molecule has 4 heteroatoms. The van der Waals surface area contributed by atoms with E-state index >= 15 is 0 Å². The Morgan fingerprint density at radius 2 is 2.27 bits per heavy atom. The van der Waals surface area contributed by atoms with Crippen LogP contribution in [0.3, 0.4) is 0 Å². The van der Waals surface area contributed by atoms with Crippen molar-refractivity contribution in [2.75, 3.05) is 0 Å². The second-order valence-electron chi connectivity index (χ2n) is 3.96. The van der Waals surface area contributed by atoms with Crippen molar-refractivity contribution in [3.05, 3.63) is 12.2 Å². The van der Waals surface area contributed by atoms with E-state index in [4.69, 9.17) is 5.11 Å². The third-order valence-electron chi connectivity index (χ3n) is 2.89. The number of carbonyl (C=O) groups is 2. The molecule has 0 saturated heterocycles. The molecule has 3 atom stereocenters. The van der Waals surface area contributed by atoms with Crippen LogP contribution < -0.4 is 0 Å². The van der Waals surface area contributed by atoms with Gasteiger partial charge in [-0.05, 0) is 19.3 Å². The van der Waals surface area contributed by atoms with Crippen LogP contribution in [0.1, 0.15) is 26.2 Å². The highest BCUT2D eigenvalue weighted by Gasteiger charge is 2.39. The van der Waals surface area contributed by atoms with E-state index in [0.717, 1.165) is 0 Å². The van der Waals surface area contributed by atoms with Crippen LogP contribution in [-0.4, -0.2) is 28.1 Å². The van der Waals surface area contributed by atoms with Gasteiger partial charge in [0, 0.05) is 18.8 Å². The molecule has 0 aromatic rings. The van der Waals surface area contributed by atoms with E-state index in [2.05, 4.69) is 0 Å². The van der Waals surface area contributed by atoms with Crippen LogP contribution in [0, 0.1) is 11.8 Å². The molecule has 0 spiro atoms. The molecule has 15 heavy (non-hydrogen) atoms. The van der Waals surface area contributed by atoms with Crippen molar-refractivity contribution in [3.8, 4) is 0 Å². The number of hydrogen-bond acceptors (Lipinski definition) is 3. The number of ketones is 1. The van der Waals surface area contributed by atoms with Gasteiger partial charge in [0.15, 0.2) is 6.10 Å². The first-order chi connectivity index (χ1) is 7.06. The predicted octanol–water partition coefficient (Wildman–Crippen LogP) is 0.993. The molecule has 1 saturated carbocycles. The standard InChI is InChI=1S/C11H16O4/c1-2-3-4-7-5-8(12)6-9(7)10(13)11(14)15/h2-3,7,9-10,13H,4-6H2,1H3,(H,14,15)/b3-2-. The largest absolute Gasteiger partial charge is 0.479 e. The first-order valence-corrected chi connectivity index (χ1v) is 5.10. The predicted molar refractivity (Wildman–Crippen MR) is 54.3 cm³/mol. The zero-order valence-electron chi connectivity index (χ0n) is 8.72. The fourth-order valence-electron chi connectivity index (χ4n) is 2.08. The number of carboxylic acid groups (broad SMARTS) is 1. The van der Waals surface area contributed by atoms with Crippen LogP contribution in [0.2, 0.25) is 0 Å². The van der Waals surface area contributed by atoms with E-state index in [9.17, 15) is 14.7 Å². The highest BCUT2D eigenvalue weighted by Crippen LogP contribution is 2.34. The normalized spacial score (nSPS) is 28.5. The van der Waals surface area contributed by atoms with Crippen molar-refractivity contribution in [1.29, 1.82) is 0 Å². The number of aliphatic carboxylic acids is 1. The number of hydrogen-bond donors (Lipinski definition) is 2. The van der Waals surface area contributed by atoms with Crippen LogP contribution in [0.4, 0.5) is 0 Å². The van der Waals surface area contributed by atoms with Crippen molar-refractivity contribution in [3.63, 3.8) is 0 Å². The smallest absolute Gasteiger partial charge is 0.332 e. The molecule has 0 aliphatic heterocycles. The average molecular weight is 212 g/mol. The summed E-state index contributed by atoms with van der Waals surface area (Å²) in [5.74, 6) is -1.64. The summed E-state index contributed by atoms with van der Waals surface area (Å²) in [6.45, 7) is 1.87. The maximum absolute atomic E-state index is 11.2. The minimum Gasteiger partial charge on any atom is -0.479 e. The van der Waals surface area contributed by atoms with Gasteiger partial charge in [0.05, 0.1) is 0 Å². The summed E-state index contributed by atoms with van der Waals surface area (Å²) in [4.78, 5) is 21.9. The molecule has 3 unspecified atom stereocenters. The Morgan fingerprint density at radius 1 is 1.60 bits per heavy atom. The van der Waals surface area contributed by atoms with Gasteiger partial charge in [0.1, 0.15) is 5.78 Å². The van der Waals surface area contributed by atoms with Crippen molar-refractivity contribution in [2.24, 2.45) is 11.8 Å². The van der Waals surface area contributed by atoms with Crippen molar-refractivity contribution in [2.45, 2.75) is 32.3 Å². The Morgan fingerprint density at radius 3 is 2.80 bits per heavy atom. The number of aliphatic hydroxyl groups excluding tert-OH is 1. The SMILES string of the molecule is C/C=C\CC1CC(=O)CC1C(O)C(=O)O. The average Bonchev–Trinajstić information content (AvgIpc) is 2.55. The van der Waals surface area contributed by atoms with Gasteiger partial charge in [-0.1, -0.05) is 12.2 Å². The third kappa shape index (κ3) is 2.89. The van der Waals surface area contributed by atoms with E-state index in [1.165, 1.54) is 0 Å². The van der Waals surface area contributed by atoms with Gasteiger partial charge in [-0.2, -0.15) is 0 Å². The molecule has 0 bridgehead atoms. The number of Topliss-reactive ketones (excluding diaryl/α,β-unsaturated/α-hetero) is 1. The van der Waals surface area contributed by atoms with E-state index in [1.54, 1.807) is 0 Å². The van der Waals surface area contributed by atoms with Gasteiger partial charge in [-0.25, -0.2) is 4.79 Å². The first-order valence-electron chi connectivity index (χ1n) is 5.10. The zero-order chi connectivity index (χ0) is 11.4. The zero-order valence-corrected chi connectivity index (χ0v) is 8.72. The Balaban J connectivity index is 2.67. The fourth-order valence-corrected chi connectivity index (χ4v) is 2.08. The van der Waals surface area contributed by atoms with Crippen molar-refractivity contribution < 1.29 is 19.8 Å². The lowest BCUT2D eigenvalue weighted by atomic mass is 9.88. The highest BCUT2D eigenvalue weighted by molar-refractivity contribution is 5.83. The van der Waals surface area contributed by atoms with Gasteiger partial charge in [-0.15, -0.1) is 0 Å². The van der Waals surface area contributed by atoms with Gasteiger partial charge in [0.2, 0.25) is 0 Å². The molecule has 0 heterocycles. The maximum atomic E-state index is 11.2. The molecular weight excluding hydrogens is 196 g/mol. The highest BCUT2D eigenvalue weighted by atomic mass is 16.4. The molecule has 1 rings (SSSR count). The number of aliphatic hydroxyl groups is 1. The molecule has 0 radical (unpaired) electrons. The molecule has 1 aliphatic rings. The van der Waals surface area contributed by atoms with Crippen LogP contribution in [-0.2, 0) is 9.59 Å². The van der Waals surface area contributed by atoms with Crippen molar-refractivity contribution in [1.82, 2.24) is 0 Å². The minimum atomic E-state index is -1.41. The molecular formula is C11H16O4. The number of rotatable bonds is 4. The number of carbonyl (C=O) groups excluding carboxylic acids is 1. The van der Waals surface area contributed by atoms with E-state index in [0.29, 0.717) is 12.8 Å². The van der Waals surface area contributed by atoms with Gasteiger partial charge >= 0.3 is 5.97 Å². The Labute approximate surface area is 88.6 Å². The second kappa shape index (κ2) is 5.07. The van der Waals surface area contributed by atoms with Gasteiger partial charge < -0.3 is 10.2 Å². The summed E-state index contributed by atoms with van der Waals surface area (Å²) < 4.78 is 0. The van der Waals surface area contributed by atoms with E-state index < -0.39 is 18.0 Å². The van der Waals surface area contributed by atoms with Crippen LogP contribution >= 0.6 is 0 Å². The lowest BCUT2D eigenvalue weighted by Gasteiger charge is -2.19. The molecule has 2 N–H and O–H groups in total. The third-order valence-corrected chi connectivity index (χ3v) is 2.89. The lowest BCUT2D eigenvalue weighted by molar-refractivity contribution is -0.150. The molecule has 0 aromatic carbocycles. The van der Waals surface area contributed by atoms with Crippen LogP contribution in [0.15, 0.2) is 12.2 Å². The van der Waals surface area contributed by atoms with Gasteiger partial charge in [0.25, 0.3) is 0 Å². The molecule has 4 nitrogen and oxygen atoms in total. The summed E-state index contributed by atoms with van der Waals surface area (Å²) >= 11 is 0. The summed E-state index contributed by atoms with van der Waals surface area (Å²) in [5, 5.41) is 18.1. The van der Waals surface area contributed by atoms with Crippen molar-refractivity contribution >= 4 is 11.8 Å². The number of allylic oxidation sites excluding steroid dienone is 2. The van der Waals surface area contributed by atoms with Gasteiger partial charge in [-0.3, -0.25) is 4.79 Å². The minimum absolute atomic E-state index is 0.0280. The van der Waals surface area contributed by atoms with Crippen LogP contribution in [0.25, 0.3) is 0 Å². The monoisotopic (exact) mass is 212 g/mol.